The first kappa shape index (κ1) is 13.8. The van der Waals surface area contributed by atoms with Crippen LogP contribution in [0.25, 0.3) is 0 Å². The number of esters is 1. The second kappa shape index (κ2) is 5.71. The van der Waals surface area contributed by atoms with E-state index >= 15 is 0 Å². The molecule has 2 saturated heterocycles. The third kappa shape index (κ3) is 2.70. The number of carbonyl (C=O) groups excluding carboxylic acids is 2. The van der Waals surface area contributed by atoms with E-state index in [1.54, 1.807) is 30.3 Å². The van der Waals surface area contributed by atoms with Crippen molar-refractivity contribution in [2.24, 2.45) is 0 Å². The molecule has 2 heterocycles. The minimum absolute atomic E-state index is 0.0502. The highest BCUT2D eigenvalue weighted by atomic mass is 16.8. The monoisotopic (exact) mass is 294 g/mol. The van der Waals surface area contributed by atoms with E-state index in [-0.39, 0.29) is 6.61 Å². The van der Waals surface area contributed by atoms with Crippen molar-refractivity contribution in [1.29, 1.82) is 0 Å². The molecule has 0 aromatic heterocycles. The van der Waals surface area contributed by atoms with Crippen molar-refractivity contribution >= 4 is 12.1 Å². The van der Waals surface area contributed by atoms with Crippen LogP contribution < -0.4 is 0 Å². The van der Waals surface area contributed by atoms with E-state index in [1.165, 1.54) is 7.11 Å². The van der Waals surface area contributed by atoms with E-state index in [1.807, 2.05) is 0 Å². The van der Waals surface area contributed by atoms with Crippen molar-refractivity contribution in [2.75, 3.05) is 13.7 Å². The van der Waals surface area contributed by atoms with Gasteiger partial charge in [-0.2, -0.15) is 0 Å². The number of fused-ring (bicyclic) bond motifs is 1. The van der Waals surface area contributed by atoms with E-state index in [0.717, 1.165) is 0 Å². The van der Waals surface area contributed by atoms with Gasteiger partial charge in [-0.3, -0.25) is 0 Å². The molecule has 2 aliphatic rings. The molecule has 3 rings (SSSR count). The molecule has 0 bridgehead atoms. The molecular weight excluding hydrogens is 280 g/mol. The molecule has 0 saturated carbocycles. The summed E-state index contributed by atoms with van der Waals surface area (Å²) in [5, 5.41) is 0. The normalized spacial score (nSPS) is 30.4. The quantitative estimate of drug-likeness (QED) is 0.770. The fraction of sp³-hybridized carbons (Fsp3) is 0.429. The Morgan fingerprint density at radius 2 is 1.90 bits per heavy atom. The Hall–Kier alpha value is -2.12. The Morgan fingerprint density at radius 1 is 1.19 bits per heavy atom. The van der Waals surface area contributed by atoms with Gasteiger partial charge in [-0.1, -0.05) is 18.2 Å². The van der Waals surface area contributed by atoms with Crippen LogP contribution in [-0.2, 0) is 23.7 Å². The highest BCUT2D eigenvalue weighted by Gasteiger charge is 2.55. The maximum Gasteiger partial charge on any atom is 0.509 e. The van der Waals surface area contributed by atoms with Gasteiger partial charge in [-0.25, -0.2) is 9.59 Å². The molecule has 0 amide bonds. The lowest BCUT2D eigenvalue weighted by molar-refractivity contribution is -0.158. The summed E-state index contributed by atoms with van der Waals surface area (Å²) in [4.78, 5) is 23.0. The lowest BCUT2D eigenvalue weighted by Gasteiger charge is -2.15. The zero-order chi connectivity index (χ0) is 14.8. The van der Waals surface area contributed by atoms with Crippen LogP contribution in [0.3, 0.4) is 0 Å². The Labute approximate surface area is 120 Å². The summed E-state index contributed by atoms with van der Waals surface area (Å²) >= 11 is 0. The van der Waals surface area contributed by atoms with Crippen LogP contribution in [0.2, 0.25) is 0 Å². The Kier molecular flexibility index (Phi) is 3.76. The van der Waals surface area contributed by atoms with Crippen LogP contribution in [0.1, 0.15) is 10.4 Å². The third-order valence-corrected chi connectivity index (χ3v) is 3.35. The van der Waals surface area contributed by atoms with Gasteiger partial charge in [-0.05, 0) is 12.1 Å². The van der Waals surface area contributed by atoms with Gasteiger partial charge < -0.3 is 23.7 Å². The van der Waals surface area contributed by atoms with E-state index in [9.17, 15) is 9.59 Å². The molecule has 21 heavy (non-hydrogen) atoms. The number of benzene rings is 1. The van der Waals surface area contributed by atoms with E-state index < -0.39 is 36.7 Å². The van der Waals surface area contributed by atoms with Crippen molar-refractivity contribution in [1.82, 2.24) is 0 Å². The van der Waals surface area contributed by atoms with Crippen molar-refractivity contribution in [2.45, 2.75) is 24.6 Å². The lowest BCUT2D eigenvalue weighted by Crippen LogP contribution is -2.33. The summed E-state index contributed by atoms with van der Waals surface area (Å²) in [7, 11) is 1.44. The standard InChI is InChI=1S/C14H14O7/c1-17-13-11-10(20-14(16)21-11)9(19-13)7-18-12(15)8-5-3-2-4-6-8/h2-6,9-11,13H,7H2,1H3/t9-,10-,11-,13-/m1/s1. The SMILES string of the molecule is CO[C@@H]1O[C@H](COC(=O)c2ccccc2)[C@H]2OC(=O)O[C@@H]12. The van der Waals surface area contributed by atoms with E-state index in [4.69, 9.17) is 23.7 Å². The highest BCUT2D eigenvalue weighted by molar-refractivity contribution is 5.89. The summed E-state index contributed by atoms with van der Waals surface area (Å²) in [6.45, 7) is -0.0502. The Bertz CT molecular complexity index is 529. The second-order valence-electron chi connectivity index (χ2n) is 4.66. The van der Waals surface area contributed by atoms with Crippen LogP contribution >= 0.6 is 0 Å². The molecule has 112 valence electrons. The zero-order valence-electron chi connectivity index (χ0n) is 11.3. The zero-order valence-corrected chi connectivity index (χ0v) is 11.3. The van der Waals surface area contributed by atoms with Crippen molar-refractivity contribution in [3.05, 3.63) is 35.9 Å². The van der Waals surface area contributed by atoms with Gasteiger partial charge in [0, 0.05) is 7.11 Å². The molecule has 1 aromatic carbocycles. The predicted molar refractivity (Wildman–Crippen MR) is 67.5 cm³/mol. The van der Waals surface area contributed by atoms with Crippen LogP contribution in [-0.4, -0.2) is 50.4 Å². The van der Waals surface area contributed by atoms with Crippen LogP contribution in [0.15, 0.2) is 30.3 Å². The molecule has 2 fully saturated rings. The number of hydrogen-bond acceptors (Lipinski definition) is 7. The molecule has 7 heteroatoms. The summed E-state index contributed by atoms with van der Waals surface area (Å²) in [6.07, 6.45) is -3.37. The van der Waals surface area contributed by atoms with Crippen LogP contribution in [0.5, 0.6) is 0 Å². The summed E-state index contributed by atoms with van der Waals surface area (Å²) < 4.78 is 25.7. The largest absolute Gasteiger partial charge is 0.509 e. The summed E-state index contributed by atoms with van der Waals surface area (Å²) in [6, 6.07) is 8.59. The Balaban J connectivity index is 1.60. The first-order valence-corrected chi connectivity index (χ1v) is 6.46. The topological polar surface area (TPSA) is 80.3 Å². The highest BCUT2D eigenvalue weighted by Crippen LogP contribution is 2.32. The van der Waals surface area contributed by atoms with Crippen molar-refractivity contribution < 1.29 is 33.3 Å². The first-order chi connectivity index (χ1) is 10.2. The average Bonchev–Trinajstić information content (AvgIpc) is 3.03. The molecule has 7 nitrogen and oxygen atoms in total. The first-order valence-electron chi connectivity index (χ1n) is 6.46. The van der Waals surface area contributed by atoms with Crippen molar-refractivity contribution in [3.8, 4) is 0 Å². The van der Waals surface area contributed by atoms with Gasteiger partial charge in [0.05, 0.1) is 5.56 Å². The van der Waals surface area contributed by atoms with Gasteiger partial charge in [0.1, 0.15) is 12.7 Å². The van der Waals surface area contributed by atoms with E-state index in [0.29, 0.717) is 5.56 Å². The van der Waals surface area contributed by atoms with Crippen LogP contribution in [0, 0.1) is 0 Å². The fourth-order valence-corrected chi connectivity index (χ4v) is 2.35. The van der Waals surface area contributed by atoms with Crippen LogP contribution in [0.4, 0.5) is 4.79 Å². The molecule has 1 aromatic rings. The lowest BCUT2D eigenvalue weighted by atomic mass is 10.1. The maximum absolute atomic E-state index is 11.9. The predicted octanol–water partition coefficient (Wildman–Crippen LogP) is 1.12. The van der Waals surface area contributed by atoms with Gasteiger partial charge in [-0.15, -0.1) is 0 Å². The Morgan fingerprint density at radius 3 is 2.62 bits per heavy atom. The molecule has 4 atom stereocenters. The summed E-state index contributed by atoms with van der Waals surface area (Å²) in [5.41, 5.74) is 0.440. The fourth-order valence-electron chi connectivity index (χ4n) is 2.35. The molecule has 2 aliphatic heterocycles. The minimum Gasteiger partial charge on any atom is -0.459 e. The molecule has 0 radical (unpaired) electrons. The molecular formula is C14H14O7. The number of ether oxygens (including phenoxy) is 5. The molecule has 0 N–H and O–H groups in total. The van der Waals surface area contributed by atoms with Gasteiger partial charge >= 0.3 is 12.1 Å². The number of rotatable bonds is 4. The second-order valence-corrected chi connectivity index (χ2v) is 4.66. The van der Waals surface area contributed by atoms with Gasteiger partial charge in [0.2, 0.25) is 0 Å². The molecule has 0 spiro atoms. The maximum atomic E-state index is 11.9. The number of carbonyl (C=O) groups is 2. The van der Waals surface area contributed by atoms with Gasteiger partial charge in [0.25, 0.3) is 0 Å². The van der Waals surface area contributed by atoms with E-state index in [2.05, 4.69) is 0 Å². The van der Waals surface area contributed by atoms with Crippen molar-refractivity contribution in [3.63, 3.8) is 0 Å². The number of hydrogen-bond donors (Lipinski definition) is 0. The average molecular weight is 294 g/mol. The minimum atomic E-state index is -0.769. The van der Waals surface area contributed by atoms with Gasteiger partial charge in [0.15, 0.2) is 18.5 Å². The molecule has 0 unspecified atom stereocenters. The summed E-state index contributed by atoms with van der Waals surface area (Å²) in [5.74, 6) is -0.471. The third-order valence-electron chi connectivity index (χ3n) is 3.35. The molecule has 0 aliphatic carbocycles. The number of methoxy groups -OCH3 is 1. The smallest absolute Gasteiger partial charge is 0.459 e.